The molecule has 4 rings (SSSR count). The molecule has 1 aromatic rings. The SMILES string of the molecule is NC1c2ccccc2OCC1N1CCCC1C1CCCC1. The minimum Gasteiger partial charge on any atom is -0.492 e. The highest BCUT2D eigenvalue weighted by molar-refractivity contribution is 5.38. The van der Waals surface area contributed by atoms with Gasteiger partial charge in [-0.3, -0.25) is 4.90 Å². The molecular formula is C18H26N2O. The van der Waals surface area contributed by atoms with E-state index in [1.807, 2.05) is 12.1 Å². The van der Waals surface area contributed by atoms with Crippen LogP contribution in [-0.4, -0.2) is 30.1 Å². The van der Waals surface area contributed by atoms with Gasteiger partial charge in [-0.2, -0.15) is 0 Å². The molecule has 3 heteroatoms. The summed E-state index contributed by atoms with van der Waals surface area (Å²) in [7, 11) is 0. The standard InChI is InChI=1S/C18H26N2O/c19-18-14-8-3-4-10-17(14)21-12-16(18)20-11-5-9-15(20)13-6-1-2-7-13/h3-4,8,10,13,15-16,18H,1-2,5-7,9,11-12,19H2. The number of fused-ring (bicyclic) bond motifs is 1. The van der Waals surface area contributed by atoms with E-state index in [0.29, 0.717) is 6.04 Å². The molecule has 0 amide bonds. The summed E-state index contributed by atoms with van der Waals surface area (Å²) in [5.41, 5.74) is 7.80. The van der Waals surface area contributed by atoms with E-state index in [-0.39, 0.29) is 6.04 Å². The molecule has 2 fully saturated rings. The Hall–Kier alpha value is -1.06. The van der Waals surface area contributed by atoms with Gasteiger partial charge in [0.2, 0.25) is 0 Å². The number of hydrogen-bond acceptors (Lipinski definition) is 3. The Balaban J connectivity index is 1.56. The Morgan fingerprint density at radius 2 is 1.81 bits per heavy atom. The van der Waals surface area contributed by atoms with Gasteiger partial charge < -0.3 is 10.5 Å². The summed E-state index contributed by atoms with van der Waals surface area (Å²) in [6, 6.07) is 9.48. The second kappa shape index (κ2) is 5.62. The van der Waals surface area contributed by atoms with E-state index < -0.39 is 0 Å². The van der Waals surface area contributed by atoms with Gasteiger partial charge in [-0.05, 0) is 44.2 Å². The number of rotatable bonds is 2. The third-order valence-corrected chi connectivity index (χ3v) is 5.81. The number of para-hydroxylation sites is 1. The first-order valence-electron chi connectivity index (χ1n) is 8.57. The quantitative estimate of drug-likeness (QED) is 0.908. The van der Waals surface area contributed by atoms with E-state index in [2.05, 4.69) is 17.0 Å². The second-order valence-corrected chi connectivity index (χ2v) is 6.93. The van der Waals surface area contributed by atoms with Crippen LogP contribution < -0.4 is 10.5 Å². The van der Waals surface area contributed by atoms with E-state index in [0.717, 1.165) is 24.3 Å². The molecule has 3 nitrogen and oxygen atoms in total. The highest BCUT2D eigenvalue weighted by atomic mass is 16.5. The van der Waals surface area contributed by atoms with Crippen molar-refractivity contribution in [3.8, 4) is 5.75 Å². The maximum Gasteiger partial charge on any atom is 0.124 e. The Labute approximate surface area is 127 Å². The van der Waals surface area contributed by atoms with Crippen molar-refractivity contribution in [3.05, 3.63) is 29.8 Å². The van der Waals surface area contributed by atoms with Crippen molar-refractivity contribution in [2.75, 3.05) is 13.2 Å². The average molecular weight is 286 g/mol. The molecule has 1 aromatic carbocycles. The van der Waals surface area contributed by atoms with Gasteiger partial charge in [-0.15, -0.1) is 0 Å². The van der Waals surface area contributed by atoms with E-state index in [1.54, 1.807) is 0 Å². The van der Waals surface area contributed by atoms with Crippen LogP contribution in [0.15, 0.2) is 24.3 Å². The molecule has 0 radical (unpaired) electrons. The molecule has 2 aliphatic heterocycles. The van der Waals surface area contributed by atoms with Crippen LogP contribution in [0.3, 0.4) is 0 Å². The van der Waals surface area contributed by atoms with Gasteiger partial charge in [0.15, 0.2) is 0 Å². The molecule has 2 N–H and O–H groups in total. The second-order valence-electron chi connectivity index (χ2n) is 6.93. The third kappa shape index (κ3) is 2.36. The van der Waals surface area contributed by atoms with E-state index in [9.17, 15) is 0 Å². The van der Waals surface area contributed by atoms with Crippen molar-refractivity contribution in [1.29, 1.82) is 0 Å². The van der Waals surface area contributed by atoms with Gasteiger partial charge in [0, 0.05) is 11.6 Å². The summed E-state index contributed by atoms with van der Waals surface area (Å²) < 4.78 is 6.01. The maximum absolute atomic E-state index is 6.61. The fourth-order valence-electron chi connectivity index (χ4n) is 4.75. The van der Waals surface area contributed by atoms with Gasteiger partial charge in [-0.25, -0.2) is 0 Å². The monoisotopic (exact) mass is 286 g/mol. The van der Waals surface area contributed by atoms with Crippen molar-refractivity contribution in [2.45, 2.75) is 56.7 Å². The largest absolute Gasteiger partial charge is 0.492 e. The molecule has 114 valence electrons. The van der Waals surface area contributed by atoms with Crippen molar-refractivity contribution in [3.63, 3.8) is 0 Å². The van der Waals surface area contributed by atoms with Crippen molar-refractivity contribution >= 4 is 0 Å². The Morgan fingerprint density at radius 3 is 2.67 bits per heavy atom. The molecule has 1 saturated carbocycles. The fraction of sp³-hybridized carbons (Fsp3) is 0.667. The third-order valence-electron chi connectivity index (χ3n) is 5.81. The zero-order valence-corrected chi connectivity index (χ0v) is 12.7. The number of nitrogens with zero attached hydrogens (tertiary/aromatic N) is 1. The van der Waals surface area contributed by atoms with Crippen LogP contribution >= 0.6 is 0 Å². The van der Waals surface area contributed by atoms with Crippen LogP contribution in [0.25, 0.3) is 0 Å². The lowest BCUT2D eigenvalue weighted by molar-refractivity contribution is 0.0662. The molecule has 21 heavy (non-hydrogen) atoms. The molecule has 1 saturated heterocycles. The normalized spacial score (nSPS) is 33.9. The van der Waals surface area contributed by atoms with Crippen LogP contribution in [0, 0.1) is 5.92 Å². The lowest BCUT2D eigenvalue weighted by atomic mass is 9.91. The molecule has 0 spiro atoms. The summed E-state index contributed by atoms with van der Waals surface area (Å²) in [6.45, 7) is 1.95. The summed E-state index contributed by atoms with van der Waals surface area (Å²) in [6.07, 6.45) is 8.36. The maximum atomic E-state index is 6.61. The lowest BCUT2D eigenvalue weighted by Gasteiger charge is -2.41. The number of nitrogens with two attached hydrogens (primary N) is 1. The van der Waals surface area contributed by atoms with E-state index in [1.165, 1.54) is 50.6 Å². The zero-order valence-electron chi connectivity index (χ0n) is 12.7. The summed E-state index contributed by atoms with van der Waals surface area (Å²) in [5, 5.41) is 0. The number of hydrogen-bond donors (Lipinski definition) is 1. The highest BCUT2D eigenvalue weighted by Crippen LogP contribution is 2.40. The molecule has 2 heterocycles. The first kappa shape index (κ1) is 13.6. The Kier molecular flexibility index (Phi) is 3.64. The molecule has 0 bridgehead atoms. The van der Waals surface area contributed by atoms with E-state index >= 15 is 0 Å². The van der Waals surface area contributed by atoms with E-state index in [4.69, 9.17) is 10.5 Å². The summed E-state index contributed by atoms with van der Waals surface area (Å²) in [4.78, 5) is 2.69. The predicted octanol–water partition coefficient (Wildman–Crippen LogP) is 3.10. The Bertz CT molecular complexity index is 498. The molecule has 1 aliphatic carbocycles. The minimum absolute atomic E-state index is 0.0944. The smallest absolute Gasteiger partial charge is 0.124 e. The number of likely N-dealkylation sites (tertiary alicyclic amines) is 1. The van der Waals surface area contributed by atoms with Gasteiger partial charge in [0.1, 0.15) is 12.4 Å². The predicted molar refractivity (Wildman–Crippen MR) is 84.3 cm³/mol. The van der Waals surface area contributed by atoms with Crippen LogP contribution in [0.1, 0.15) is 50.1 Å². The van der Waals surface area contributed by atoms with Crippen molar-refractivity contribution < 1.29 is 4.74 Å². The first-order chi connectivity index (χ1) is 10.3. The molecular weight excluding hydrogens is 260 g/mol. The highest BCUT2D eigenvalue weighted by Gasteiger charge is 2.41. The number of benzene rings is 1. The van der Waals surface area contributed by atoms with Crippen LogP contribution in [0.5, 0.6) is 5.75 Å². The molecule has 3 unspecified atom stereocenters. The van der Waals surface area contributed by atoms with Gasteiger partial charge in [0.05, 0.1) is 12.1 Å². The molecule has 3 aliphatic rings. The van der Waals surface area contributed by atoms with Gasteiger partial charge in [0.25, 0.3) is 0 Å². The summed E-state index contributed by atoms with van der Waals surface area (Å²) in [5.74, 6) is 1.88. The van der Waals surface area contributed by atoms with Gasteiger partial charge in [-0.1, -0.05) is 31.0 Å². The summed E-state index contributed by atoms with van der Waals surface area (Å²) >= 11 is 0. The topological polar surface area (TPSA) is 38.5 Å². The number of ether oxygens (including phenoxy) is 1. The van der Waals surface area contributed by atoms with Crippen molar-refractivity contribution in [2.24, 2.45) is 11.7 Å². The van der Waals surface area contributed by atoms with Crippen molar-refractivity contribution in [1.82, 2.24) is 4.90 Å². The Morgan fingerprint density at radius 1 is 1.00 bits per heavy atom. The average Bonchev–Trinajstić information content (AvgIpc) is 3.18. The lowest BCUT2D eigenvalue weighted by Crippen LogP contribution is -2.52. The zero-order chi connectivity index (χ0) is 14.2. The molecule has 0 aromatic heterocycles. The minimum atomic E-state index is 0.0944. The molecule has 3 atom stereocenters. The van der Waals surface area contributed by atoms with Gasteiger partial charge >= 0.3 is 0 Å². The first-order valence-corrected chi connectivity index (χ1v) is 8.57. The van der Waals surface area contributed by atoms with Crippen LogP contribution in [-0.2, 0) is 0 Å². The van der Waals surface area contributed by atoms with Crippen LogP contribution in [0.4, 0.5) is 0 Å². The van der Waals surface area contributed by atoms with Crippen LogP contribution in [0.2, 0.25) is 0 Å². The fourth-order valence-corrected chi connectivity index (χ4v) is 4.75.